The maximum Gasteiger partial charge on any atom is 0.183 e. The number of carbonyl (C=O) groups excluding carboxylic acids is 1. The van der Waals surface area contributed by atoms with Crippen molar-refractivity contribution >= 4 is 5.78 Å². The van der Waals surface area contributed by atoms with Crippen molar-refractivity contribution in [2.75, 3.05) is 14.1 Å². The first-order chi connectivity index (χ1) is 9.60. The van der Waals surface area contributed by atoms with Crippen LogP contribution < -0.4 is 0 Å². The molecule has 1 aliphatic carbocycles. The molecule has 0 amide bonds. The van der Waals surface area contributed by atoms with Crippen molar-refractivity contribution in [1.29, 1.82) is 0 Å². The molecule has 1 aliphatic rings. The summed E-state index contributed by atoms with van der Waals surface area (Å²) in [6.07, 6.45) is 7.82. The van der Waals surface area contributed by atoms with E-state index in [4.69, 9.17) is 0 Å². The highest BCUT2D eigenvalue weighted by molar-refractivity contribution is 6.03. The van der Waals surface area contributed by atoms with Gasteiger partial charge in [-0.1, -0.05) is 56.9 Å². The SMILES string of the molecule is CCCc1ccc(C(=O)C2(N(C)C)CCCCC2)cc1. The van der Waals surface area contributed by atoms with Crippen molar-refractivity contribution in [1.82, 2.24) is 4.90 Å². The average Bonchev–Trinajstić information content (AvgIpc) is 2.48. The molecule has 1 saturated carbocycles. The van der Waals surface area contributed by atoms with E-state index in [2.05, 4.69) is 38.1 Å². The number of ketones is 1. The number of rotatable bonds is 5. The van der Waals surface area contributed by atoms with Crippen LogP contribution in [0.5, 0.6) is 0 Å². The molecule has 20 heavy (non-hydrogen) atoms. The Morgan fingerprint density at radius 1 is 1.10 bits per heavy atom. The summed E-state index contributed by atoms with van der Waals surface area (Å²) in [5.41, 5.74) is 1.93. The van der Waals surface area contributed by atoms with Crippen molar-refractivity contribution in [2.45, 2.75) is 57.4 Å². The van der Waals surface area contributed by atoms with Crippen molar-refractivity contribution in [3.05, 3.63) is 35.4 Å². The van der Waals surface area contributed by atoms with E-state index in [1.807, 2.05) is 12.1 Å². The van der Waals surface area contributed by atoms with Gasteiger partial charge < -0.3 is 0 Å². The van der Waals surface area contributed by atoms with Gasteiger partial charge in [0, 0.05) is 5.56 Å². The van der Waals surface area contributed by atoms with E-state index in [1.165, 1.54) is 12.0 Å². The van der Waals surface area contributed by atoms with Gasteiger partial charge in [-0.3, -0.25) is 9.69 Å². The zero-order chi connectivity index (χ0) is 14.6. The molecule has 2 heteroatoms. The summed E-state index contributed by atoms with van der Waals surface area (Å²) in [4.78, 5) is 15.1. The molecule has 2 rings (SSSR count). The highest BCUT2D eigenvalue weighted by Crippen LogP contribution is 2.35. The smallest absolute Gasteiger partial charge is 0.183 e. The molecule has 0 aliphatic heterocycles. The zero-order valence-corrected chi connectivity index (χ0v) is 13.1. The molecule has 1 aromatic carbocycles. The van der Waals surface area contributed by atoms with Gasteiger partial charge in [0.25, 0.3) is 0 Å². The van der Waals surface area contributed by atoms with Crippen LogP contribution in [0, 0.1) is 0 Å². The van der Waals surface area contributed by atoms with Gasteiger partial charge in [-0.2, -0.15) is 0 Å². The number of benzene rings is 1. The molecular weight excluding hydrogens is 246 g/mol. The van der Waals surface area contributed by atoms with Gasteiger partial charge in [-0.05, 0) is 38.9 Å². The molecule has 0 saturated heterocycles. The maximum absolute atomic E-state index is 13.0. The standard InChI is InChI=1S/C18H27NO/c1-4-8-15-9-11-16(12-10-15)17(20)18(19(2)3)13-6-5-7-14-18/h9-12H,4-8,13-14H2,1-3H3. The molecule has 1 fully saturated rings. The number of Topliss-reactive ketones (excluding diaryl/α,β-unsaturated/α-hetero) is 1. The van der Waals surface area contributed by atoms with E-state index in [0.29, 0.717) is 5.78 Å². The number of nitrogens with zero attached hydrogens (tertiary/aromatic N) is 1. The van der Waals surface area contributed by atoms with Crippen LogP contribution in [0.25, 0.3) is 0 Å². The lowest BCUT2D eigenvalue weighted by Gasteiger charge is -2.41. The molecule has 1 aromatic rings. The fourth-order valence-electron chi connectivity index (χ4n) is 3.39. The molecule has 0 unspecified atom stereocenters. The summed E-state index contributed by atoms with van der Waals surface area (Å²) in [5, 5.41) is 0. The fraction of sp³-hybridized carbons (Fsp3) is 0.611. The Kier molecular flexibility index (Phi) is 4.98. The molecule has 0 bridgehead atoms. The van der Waals surface area contributed by atoms with E-state index < -0.39 is 0 Å². The summed E-state index contributed by atoms with van der Waals surface area (Å²) in [5.74, 6) is 0.310. The second-order valence-corrected chi connectivity index (χ2v) is 6.26. The van der Waals surface area contributed by atoms with Crippen molar-refractivity contribution in [2.24, 2.45) is 0 Å². The van der Waals surface area contributed by atoms with Crippen LogP contribution in [-0.4, -0.2) is 30.3 Å². The van der Waals surface area contributed by atoms with Gasteiger partial charge in [0.2, 0.25) is 0 Å². The van der Waals surface area contributed by atoms with Crippen LogP contribution in [0.4, 0.5) is 0 Å². The molecule has 0 heterocycles. The first kappa shape index (κ1) is 15.2. The monoisotopic (exact) mass is 273 g/mol. The predicted octanol–water partition coefficient (Wildman–Crippen LogP) is 4.09. The number of hydrogen-bond donors (Lipinski definition) is 0. The second kappa shape index (κ2) is 6.53. The molecule has 0 atom stereocenters. The fourth-order valence-corrected chi connectivity index (χ4v) is 3.39. The van der Waals surface area contributed by atoms with Crippen LogP contribution in [0.15, 0.2) is 24.3 Å². The zero-order valence-electron chi connectivity index (χ0n) is 13.1. The molecule has 110 valence electrons. The Morgan fingerprint density at radius 2 is 1.70 bits per heavy atom. The predicted molar refractivity (Wildman–Crippen MR) is 84.3 cm³/mol. The first-order valence-electron chi connectivity index (χ1n) is 7.91. The number of likely N-dealkylation sites (N-methyl/N-ethyl adjacent to an activating group) is 1. The highest BCUT2D eigenvalue weighted by Gasteiger charge is 2.41. The molecule has 0 radical (unpaired) electrons. The van der Waals surface area contributed by atoms with E-state index in [0.717, 1.165) is 44.1 Å². The van der Waals surface area contributed by atoms with Crippen molar-refractivity contribution in [3.63, 3.8) is 0 Å². The summed E-state index contributed by atoms with van der Waals surface area (Å²) in [6.45, 7) is 2.18. The summed E-state index contributed by atoms with van der Waals surface area (Å²) >= 11 is 0. The van der Waals surface area contributed by atoms with Gasteiger partial charge in [-0.25, -0.2) is 0 Å². The lowest BCUT2D eigenvalue weighted by Crippen LogP contribution is -2.52. The van der Waals surface area contributed by atoms with Crippen LogP contribution in [0.3, 0.4) is 0 Å². The van der Waals surface area contributed by atoms with Gasteiger partial charge >= 0.3 is 0 Å². The van der Waals surface area contributed by atoms with Crippen LogP contribution in [0.2, 0.25) is 0 Å². The summed E-state index contributed by atoms with van der Waals surface area (Å²) in [7, 11) is 4.10. The van der Waals surface area contributed by atoms with E-state index in [9.17, 15) is 4.79 Å². The molecule has 2 nitrogen and oxygen atoms in total. The number of carbonyl (C=O) groups is 1. The van der Waals surface area contributed by atoms with Gasteiger partial charge in [0.15, 0.2) is 5.78 Å². The molecular formula is C18H27NO. The van der Waals surface area contributed by atoms with E-state index >= 15 is 0 Å². The van der Waals surface area contributed by atoms with Gasteiger partial charge in [-0.15, -0.1) is 0 Å². The minimum absolute atomic E-state index is 0.273. The molecule has 0 spiro atoms. The lowest BCUT2D eigenvalue weighted by atomic mass is 9.75. The number of hydrogen-bond acceptors (Lipinski definition) is 2. The quantitative estimate of drug-likeness (QED) is 0.753. The third-order valence-corrected chi connectivity index (χ3v) is 4.71. The lowest BCUT2D eigenvalue weighted by molar-refractivity contribution is 0.0564. The maximum atomic E-state index is 13.0. The normalized spacial score (nSPS) is 18.2. The average molecular weight is 273 g/mol. The molecule has 0 N–H and O–H groups in total. The third-order valence-electron chi connectivity index (χ3n) is 4.71. The summed E-state index contributed by atoms with van der Waals surface area (Å²) in [6, 6.07) is 8.27. The van der Waals surface area contributed by atoms with Crippen molar-refractivity contribution in [3.8, 4) is 0 Å². The Labute approximate surface area is 123 Å². The number of aryl methyl sites for hydroxylation is 1. The Hall–Kier alpha value is -1.15. The van der Waals surface area contributed by atoms with Gasteiger partial charge in [0.1, 0.15) is 0 Å². The first-order valence-corrected chi connectivity index (χ1v) is 7.91. The van der Waals surface area contributed by atoms with Crippen LogP contribution in [-0.2, 0) is 6.42 Å². The largest absolute Gasteiger partial charge is 0.297 e. The minimum Gasteiger partial charge on any atom is -0.297 e. The Morgan fingerprint density at radius 3 is 2.20 bits per heavy atom. The Balaban J connectivity index is 2.23. The second-order valence-electron chi connectivity index (χ2n) is 6.26. The van der Waals surface area contributed by atoms with Crippen molar-refractivity contribution < 1.29 is 4.79 Å². The van der Waals surface area contributed by atoms with Crippen LogP contribution in [0.1, 0.15) is 61.4 Å². The molecule has 0 aromatic heterocycles. The summed E-state index contributed by atoms with van der Waals surface area (Å²) < 4.78 is 0. The minimum atomic E-state index is -0.273. The third kappa shape index (κ3) is 2.95. The Bertz CT molecular complexity index is 441. The van der Waals surface area contributed by atoms with E-state index in [1.54, 1.807) is 0 Å². The highest BCUT2D eigenvalue weighted by atomic mass is 16.1. The van der Waals surface area contributed by atoms with Crippen LogP contribution >= 0.6 is 0 Å². The topological polar surface area (TPSA) is 20.3 Å². The van der Waals surface area contributed by atoms with E-state index in [-0.39, 0.29) is 5.54 Å². The van der Waals surface area contributed by atoms with Gasteiger partial charge in [0.05, 0.1) is 5.54 Å².